The molecule has 0 heterocycles. The van der Waals surface area contributed by atoms with Crippen molar-refractivity contribution in [1.82, 2.24) is 5.43 Å². The van der Waals surface area contributed by atoms with Gasteiger partial charge in [-0.25, -0.2) is 18.6 Å². The fourth-order valence-electron chi connectivity index (χ4n) is 2.44. The predicted octanol–water partition coefficient (Wildman–Crippen LogP) is 1.79. The van der Waals surface area contributed by atoms with Crippen LogP contribution in [0, 0.1) is 0 Å². The first-order valence-electron chi connectivity index (χ1n) is 8.95. The van der Waals surface area contributed by atoms with Crippen molar-refractivity contribution in [2.75, 3.05) is 30.8 Å². The Morgan fingerprint density at radius 3 is 2.27 bits per heavy atom. The number of nitrogens with zero attached hydrogens (tertiary/aromatic N) is 2. The third-order valence-electron chi connectivity index (χ3n) is 3.86. The van der Waals surface area contributed by atoms with E-state index in [1.54, 1.807) is 48.5 Å². The van der Waals surface area contributed by atoms with Crippen molar-refractivity contribution >= 4 is 33.8 Å². The van der Waals surface area contributed by atoms with Crippen LogP contribution in [-0.4, -0.2) is 53.0 Å². The third kappa shape index (κ3) is 6.59. The molecule has 9 nitrogen and oxygen atoms in total. The second-order valence-corrected chi connectivity index (χ2v) is 8.01. The minimum absolute atomic E-state index is 0.332. The first-order chi connectivity index (χ1) is 14.2. The molecule has 0 fully saturated rings. The van der Waals surface area contributed by atoms with Gasteiger partial charge in [0.25, 0.3) is 5.91 Å². The van der Waals surface area contributed by atoms with Crippen LogP contribution in [0.4, 0.5) is 5.69 Å². The van der Waals surface area contributed by atoms with E-state index in [-0.39, 0.29) is 0 Å². The minimum Gasteiger partial charge on any atom is -0.494 e. The van der Waals surface area contributed by atoms with Crippen LogP contribution in [-0.2, 0) is 19.6 Å². The van der Waals surface area contributed by atoms with Gasteiger partial charge in [0.1, 0.15) is 12.3 Å². The molecule has 0 radical (unpaired) electrons. The van der Waals surface area contributed by atoms with Crippen LogP contribution in [0.2, 0.25) is 0 Å². The van der Waals surface area contributed by atoms with Gasteiger partial charge in [0.15, 0.2) is 0 Å². The van der Waals surface area contributed by atoms with E-state index in [0.717, 1.165) is 10.6 Å². The third-order valence-corrected chi connectivity index (χ3v) is 5.00. The lowest BCUT2D eigenvalue weighted by Crippen LogP contribution is -2.39. The van der Waals surface area contributed by atoms with Gasteiger partial charge >= 0.3 is 5.97 Å². The lowest BCUT2D eigenvalue weighted by molar-refractivity contribution is -0.119. The number of sulfonamides is 1. The normalized spacial score (nSPS) is 11.2. The van der Waals surface area contributed by atoms with Gasteiger partial charge in [0.2, 0.25) is 10.0 Å². The van der Waals surface area contributed by atoms with Gasteiger partial charge in [-0.2, -0.15) is 5.10 Å². The number of nitrogens with one attached hydrogen (secondary N) is 1. The van der Waals surface area contributed by atoms with Crippen molar-refractivity contribution in [3.05, 3.63) is 59.7 Å². The maximum atomic E-state index is 12.2. The molecule has 160 valence electrons. The summed E-state index contributed by atoms with van der Waals surface area (Å²) >= 11 is 0. The Morgan fingerprint density at radius 1 is 1.10 bits per heavy atom. The summed E-state index contributed by atoms with van der Waals surface area (Å²) in [6, 6.07) is 12.8. The van der Waals surface area contributed by atoms with Gasteiger partial charge in [0.05, 0.1) is 37.4 Å². The Hall–Kier alpha value is -3.40. The minimum atomic E-state index is -3.69. The number of carbonyl (C=O) groups excluding carboxylic acids is 2. The van der Waals surface area contributed by atoms with Gasteiger partial charge in [0, 0.05) is 0 Å². The molecular formula is C20H23N3O6S. The molecule has 0 aliphatic rings. The summed E-state index contributed by atoms with van der Waals surface area (Å²) in [4.78, 5) is 23.6. The summed E-state index contributed by atoms with van der Waals surface area (Å²) in [6.07, 6.45) is 2.39. The summed E-state index contributed by atoms with van der Waals surface area (Å²) in [5, 5.41) is 3.82. The van der Waals surface area contributed by atoms with E-state index in [0.29, 0.717) is 29.2 Å². The maximum absolute atomic E-state index is 12.2. The summed E-state index contributed by atoms with van der Waals surface area (Å²) < 4.78 is 35.2. The fourth-order valence-corrected chi connectivity index (χ4v) is 3.30. The maximum Gasteiger partial charge on any atom is 0.337 e. The van der Waals surface area contributed by atoms with E-state index in [1.165, 1.54) is 13.3 Å². The molecule has 2 aromatic rings. The molecule has 0 unspecified atom stereocenters. The summed E-state index contributed by atoms with van der Waals surface area (Å²) in [7, 11) is -2.40. The van der Waals surface area contributed by atoms with Crippen molar-refractivity contribution in [3.8, 4) is 5.75 Å². The molecule has 30 heavy (non-hydrogen) atoms. The molecule has 1 amide bonds. The van der Waals surface area contributed by atoms with Crippen LogP contribution in [0.3, 0.4) is 0 Å². The van der Waals surface area contributed by atoms with Gasteiger partial charge in [-0.1, -0.05) is 12.1 Å². The fraction of sp³-hybridized carbons (Fsp3) is 0.250. The summed E-state index contributed by atoms with van der Waals surface area (Å²) in [6.45, 7) is 1.89. The second kappa shape index (κ2) is 10.4. The van der Waals surface area contributed by atoms with Crippen LogP contribution in [0.5, 0.6) is 5.75 Å². The van der Waals surface area contributed by atoms with Crippen molar-refractivity contribution in [2.45, 2.75) is 6.92 Å². The van der Waals surface area contributed by atoms with Gasteiger partial charge < -0.3 is 9.47 Å². The Morgan fingerprint density at radius 2 is 1.73 bits per heavy atom. The first kappa shape index (κ1) is 22.9. The number of methoxy groups -OCH3 is 1. The molecule has 2 rings (SSSR count). The Bertz CT molecular complexity index is 1000. The number of rotatable bonds is 9. The monoisotopic (exact) mass is 433 g/mol. The highest BCUT2D eigenvalue weighted by molar-refractivity contribution is 7.92. The number of amides is 1. The average molecular weight is 433 g/mol. The van der Waals surface area contributed by atoms with E-state index in [4.69, 9.17) is 4.74 Å². The number of esters is 1. The number of carbonyl (C=O) groups is 2. The zero-order valence-electron chi connectivity index (χ0n) is 16.9. The molecule has 0 bridgehead atoms. The molecule has 0 spiro atoms. The van der Waals surface area contributed by atoms with Gasteiger partial charge in [-0.05, 0) is 48.9 Å². The first-order valence-corrected chi connectivity index (χ1v) is 10.8. The highest BCUT2D eigenvalue weighted by Gasteiger charge is 2.20. The van der Waals surface area contributed by atoms with Crippen LogP contribution in [0.1, 0.15) is 22.8 Å². The Kier molecular flexibility index (Phi) is 7.93. The summed E-state index contributed by atoms with van der Waals surface area (Å²) in [5.41, 5.74) is 3.64. The van der Waals surface area contributed by atoms with E-state index >= 15 is 0 Å². The molecule has 0 saturated carbocycles. The predicted molar refractivity (Wildman–Crippen MR) is 113 cm³/mol. The number of benzene rings is 2. The molecule has 10 heteroatoms. The smallest absolute Gasteiger partial charge is 0.337 e. The van der Waals surface area contributed by atoms with Crippen molar-refractivity contribution in [2.24, 2.45) is 5.10 Å². The number of hydrogen-bond donors (Lipinski definition) is 1. The van der Waals surface area contributed by atoms with Crippen molar-refractivity contribution in [1.29, 1.82) is 0 Å². The van der Waals surface area contributed by atoms with Crippen LogP contribution in [0.25, 0.3) is 0 Å². The lowest BCUT2D eigenvalue weighted by atomic mass is 10.1. The number of ether oxygens (including phenoxy) is 2. The van der Waals surface area contributed by atoms with Gasteiger partial charge in [-0.3, -0.25) is 9.10 Å². The molecular weight excluding hydrogens is 410 g/mol. The van der Waals surface area contributed by atoms with E-state index in [2.05, 4.69) is 15.3 Å². The molecule has 1 N–H and O–H groups in total. The Labute approximate surface area is 175 Å². The number of hydrazone groups is 1. The largest absolute Gasteiger partial charge is 0.494 e. The SMILES string of the molecule is CCOc1ccc(N(CC(=O)N/N=C\c2ccc(C(=O)OC)cc2)S(C)(=O)=O)cc1. The van der Waals surface area contributed by atoms with E-state index < -0.39 is 28.4 Å². The van der Waals surface area contributed by atoms with Crippen molar-refractivity contribution < 1.29 is 27.5 Å². The molecule has 0 saturated heterocycles. The quantitative estimate of drug-likeness (QED) is 0.366. The van der Waals surface area contributed by atoms with Gasteiger partial charge in [-0.15, -0.1) is 0 Å². The molecule has 0 aliphatic heterocycles. The van der Waals surface area contributed by atoms with E-state index in [1.807, 2.05) is 6.92 Å². The van der Waals surface area contributed by atoms with Crippen LogP contribution >= 0.6 is 0 Å². The van der Waals surface area contributed by atoms with Crippen LogP contribution in [0.15, 0.2) is 53.6 Å². The zero-order chi connectivity index (χ0) is 22.1. The Balaban J connectivity index is 2.02. The highest BCUT2D eigenvalue weighted by Crippen LogP contribution is 2.21. The standard InChI is InChI=1S/C20H23N3O6S/c1-4-29-18-11-9-17(10-12-18)23(30(3,26)27)14-19(24)22-21-13-15-5-7-16(8-6-15)20(25)28-2/h5-13H,4,14H2,1-3H3,(H,22,24)/b21-13-. The molecule has 2 aromatic carbocycles. The average Bonchev–Trinajstić information content (AvgIpc) is 2.72. The highest BCUT2D eigenvalue weighted by atomic mass is 32.2. The molecule has 0 aromatic heterocycles. The van der Waals surface area contributed by atoms with Crippen molar-refractivity contribution in [3.63, 3.8) is 0 Å². The topological polar surface area (TPSA) is 114 Å². The zero-order valence-corrected chi connectivity index (χ0v) is 17.7. The second-order valence-electron chi connectivity index (χ2n) is 6.10. The van der Waals surface area contributed by atoms with E-state index in [9.17, 15) is 18.0 Å². The number of anilines is 1. The number of hydrogen-bond acceptors (Lipinski definition) is 7. The molecule has 0 aliphatic carbocycles. The molecule has 0 atom stereocenters. The summed E-state index contributed by atoms with van der Waals surface area (Å²) in [5.74, 6) is -0.472. The lowest BCUT2D eigenvalue weighted by Gasteiger charge is -2.21. The van der Waals surface area contributed by atoms with Crippen LogP contribution < -0.4 is 14.5 Å².